The van der Waals surface area contributed by atoms with E-state index in [2.05, 4.69) is 24.4 Å². The molecule has 0 aliphatic carbocycles. The number of thioether (sulfide) groups is 1. The zero-order chi connectivity index (χ0) is 16.8. The summed E-state index contributed by atoms with van der Waals surface area (Å²) in [7, 11) is 1.67. The van der Waals surface area contributed by atoms with Crippen molar-refractivity contribution in [1.29, 1.82) is 0 Å². The third kappa shape index (κ3) is 5.03. The Morgan fingerprint density at radius 2 is 1.78 bits per heavy atom. The summed E-state index contributed by atoms with van der Waals surface area (Å²) in [6.07, 6.45) is 0. The fraction of sp³-hybridized carbons (Fsp3) is 0.316. The lowest BCUT2D eigenvalue weighted by molar-refractivity contribution is -0.113. The van der Waals surface area contributed by atoms with Crippen molar-refractivity contribution in [2.24, 2.45) is 0 Å². The van der Waals surface area contributed by atoms with Gasteiger partial charge in [-0.15, -0.1) is 11.8 Å². The van der Waals surface area contributed by atoms with Crippen LogP contribution in [0.25, 0.3) is 0 Å². The first-order valence-electron chi connectivity index (χ1n) is 7.58. The largest absolute Gasteiger partial charge is 0.496 e. The van der Waals surface area contributed by atoms with Gasteiger partial charge in [-0.2, -0.15) is 0 Å². The molecule has 0 heterocycles. The van der Waals surface area contributed by atoms with E-state index in [4.69, 9.17) is 4.74 Å². The van der Waals surface area contributed by atoms with Crippen LogP contribution < -0.4 is 10.1 Å². The van der Waals surface area contributed by atoms with Gasteiger partial charge in [-0.25, -0.2) is 0 Å². The summed E-state index contributed by atoms with van der Waals surface area (Å²) in [4.78, 5) is 12.1. The summed E-state index contributed by atoms with van der Waals surface area (Å²) < 4.78 is 5.37. The second-order valence-corrected chi connectivity index (χ2v) is 6.66. The van der Waals surface area contributed by atoms with Crippen molar-refractivity contribution in [3.05, 3.63) is 58.7 Å². The van der Waals surface area contributed by atoms with Gasteiger partial charge in [-0.05, 0) is 38.5 Å². The third-order valence-corrected chi connectivity index (χ3v) is 4.56. The standard InChI is InChI=1S/C19H23NO2S/c1-13-5-7-17(15(3)9-13)20-19(21)12-23-11-16-10-14(2)6-8-18(16)22-4/h5-10H,11-12H2,1-4H3,(H,20,21). The molecule has 0 spiro atoms. The molecule has 0 saturated carbocycles. The molecular weight excluding hydrogens is 306 g/mol. The van der Waals surface area contributed by atoms with Crippen molar-refractivity contribution in [2.45, 2.75) is 26.5 Å². The van der Waals surface area contributed by atoms with E-state index in [0.29, 0.717) is 5.75 Å². The number of hydrogen-bond donors (Lipinski definition) is 1. The van der Waals surface area contributed by atoms with Crippen LogP contribution in [0.1, 0.15) is 22.3 Å². The minimum atomic E-state index is 0.0218. The monoisotopic (exact) mass is 329 g/mol. The molecule has 0 radical (unpaired) electrons. The van der Waals surface area contributed by atoms with Gasteiger partial charge in [-0.1, -0.05) is 35.4 Å². The summed E-state index contributed by atoms with van der Waals surface area (Å²) >= 11 is 1.59. The minimum Gasteiger partial charge on any atom is -0.496 e. The average molecular weight is 329 g/mol. The smallest absolute Gasteiger partial charge is 0.234 e. The van der Waals surface area contributed by atoms with E-state index < -0.39 is 0 Å². The maximum absolute atomic E-state index is 12.1. The lowest BCUT2D eigenvalue weighted by Crippen LogP contribution is -2.15. The number of aryl methyl sites for hydroxylation is 3. The molecule has 1 N–H and O–H groups in total. The van der Waals surface area contributed by atoms with Gasteiger partial charge in [0, 0.05) is 17.0 Å². The van der Waals surface area contributed by atoms with Crippen molar-refractivity contribution in [2.75, 3.05) is 18.2 Å². The number of hydrogen-bond acceptors (Lipinski definition) is 3. The fourth-order valence-corrected chi connectivity index (χ4v) is 3.22. The van der Waals surface area contributed by atoms with E-state index in [1.54, 1.807) is 18.9 Å². The lowest BCUT2D eigenvalue weighted by Gasteiger charge is -2.11. The molecule has 0 unspecified atom stereocenters. The van der Waals surface area contributed by atoms with Gasteiger partial charge in [0.15, 0.2) is 0 Å². The maximum Gasteiger partial charge on any atom is 0.234 e. The van der Waals surface area contributed by atoms with Crippen molar-refractivity contribution in [3.63, 3.8) is 0 Å². The van der Waals surface area contributed by atoms with Crippen molar-refractivity contribution < 1.29 is 9.53 Å². The van der Waals surface area contributed by atoms with Crippen LogP contribution in [-0.2, 0) is 10.5 Å². The number of nitrogens with one attached hydrogen (secondary N) is 1. The molecule has 0 aromatic heterocycles. The first kappa shape index (κ1) is 17.4. The van der Waals surface area contributed by atoms with E-state index in [9.17, 15) is 4.79 Å². The minimum absolute atomic E-state index is 0.0218. The van der Waals surface area contributed by atoms with E-state index in [1.807, 2.05) is 38.1 Å². The molecule has 122 valence electrons. The van der Waals surface area contributed by atoms with E-state index in [0.717, 1.165) is 28.3 Å². The van der Waals surface area contributed by atoms with Gasteiger partial charge in [0.05, 0.1) is 12.9 Å². The number of methoxy groups -OCH3 is 1. The topological polar surface area (TPSA) is 38.3 Å². The van der Waals surface area contributed by atoms with Crippen molar-refractivity contribution >= 4 is 23.4 Å². The maximum atomic E-state index is 12.1. The van der Waals surface area contributed by atoms with Crippen LogP contribution in [0, 0.1) is 20.8 Å². The second kappa shape index (κ2) is 8.06. The molecule has 23 heavy (non-hydrogen) atoms. The van der Waals surface area contributed by atoms with E-state index in [-0.39, 0.29) is 5.91 Å². The highest BCUT2D eigenvalue weighted by Crippen LogP contribution is 2.24. The van der Waals surface area contributed by atoms with Gasteiger partial charge in [0.2, 0.25) is 5.91 Å². The fourth-order valence-electron chi connectivity index (χ4n) is 2.41. The lowest BCUT2D eigenvalue weighted by atomic mass is 10.1. The van der Waals surface area contributed by atoms with Gasteiger partial charge < -0.3 is 10.1 Å². The van der Waals surface area contributed by atoms with Crippen molar-refractivity contribution in [3.8, 4) is 5.75 Å². The Kier molecular flexibility index (Phi) is 6.11. The van der Waals surface area contributed by atoms with Crippen LogP contribution in [0.3, 0.4) is 0 Å². The first-order chi connectivity index (χ1) is 11.0. The highest BCUT2D eigenvalue weighted by atomic mass is 32.2. The molecule has 2 rings (SSSR count). The number of benzene rings is 2. The predicted molar refractivity (Wildman–Crippen MR) is 98.4 cm³/mol. The number of rotatable bonds is 6. The van der Waals surface area contributed by atoms with Gasteiger partial charge in [0.1, 0.15) is 5.75 Å². The third-order valence-electron chi connectivity index (χ3n) is 3.58. The predicted octanol–water partition coefficient (Wildman–Crippen LogP) is 4.49. The molecule has 0 aliphatic heterocycles. The SMILES string of the molecule is COc1ccc(C)cc1CSCC(=O)Nc1ccc(C)cc1C. The summed E-state index contributed by atoms with van der Waals surface area (Å²) in [6.45, 7) is 6.11. The molecule has 0 fully saturated rings. The molecular formula is C19H23NO2S. The van der Waals surface area contributed by atoms with Crippen LogP contribution in [0.2, 0.25) is 0 Å². The molecule has 3 nitrogen and oxygen atoms in total. The zero-order valence-electron chi connectivity index (χ0n) is 14.1. The molecule has 1 amide bonds. The quantitative estimate of drug-likeness (QED) is 0.848. The second-order valence-electron chi connectivity index (χ2n) is 5.67. The van der Waals surface area contributed by atoms with Gasteiger partial charge in [0.25, 0.3) is 0 Å². The van der Waals surface area contributed by atoms with Crippen LogP contribution >= 0.6 is 11.8 Å². The Bertz CT molecular complexity index is 698. The highest BCUT2D eigenvalue weighted by Gasteiger charge is 2.08. The van der Waals surface area contributed by atoms with Crippen LogP contribution in [-0.4, -0.2) is 18.8 Å². The first-order valence-corrected chi connectivity index (χ1v) is 8.73. The summed E-state index contributed by atoms with van der Waals surface area (Å²) in [5.41, 5.74) is 5.48. The molecule has 4 heteroatoms. The number of carbonyl (C=O) groups excluding carboxylic acids is 1. The molecule has 0 atom stereocenters. The number of anilines is 1. The molecule has 0 saturated heterocycles. The Labute approximate surface area is 142 Å². The van der Waals surface area contributed by atoms with Crippen LogP contribution in [0.4, 0.5) is 5.69 Å². The number of amides is 1. The Balaban J connectivity index is 1.89. The normalized spacial score (nSPS) is 10.4. The Morgan fingerprint density at radius 1 is 1.09 bits per heavy atom. The van der Waals surface area contributed by atoms with Crippen LogP contribution in [0.15, 0.2) is 36.4 Å². The number of ether oxygens (including phenoxy) is 1. The molecule has 2 aromatic rings. The summed E-state index contributed by atoms with van der Waals surface area (Å²) in [5, 5.41) is 2.97. The molecule has 0 aliphatic rings. The van der Waals surface area contributed by atoms with Crippen molar-refractivity contribution in [1.82, 2.24) is 0 Å². The Morgan fingerprint density at radius 3 is 2.48 bits per heavy atom. The Hall–Kier alpha value is -1.94. The number of carbonyl (C=O) groups is 1. The van der Waals surface area contributed by atoms with Gasteiger partial charge in [-0.3, -0.25) is 4.79 Å². The van der Waals surface area contributed by atoms with E-state index >= 15 is 0 Å². The molecule has 2 aromatic carbocycles. The average Bonchev–Trinajstić information content (AvgIpc) is 2.50. The zero-order valence-corrected chi connectivity index (χ0v) is 14.9. The van der Waals surface area contributed by atoms with Crippen LogP contribution in [0.5, 0.6) is 5.75 Å². The summed E-state index contributed by atoms with van der Waals surface area (Å²) in [5.74, 6) is 2.07. The van der Waals surface area contributed by atoms with E-state index in [1.165, 1.54) is 11.1 Å². The van der Waals surface area contributed by atoms with Gasteiger partial charge >= 0.3 is 0 Å². The molecule has 0 bridgehead atoms. The summed E-state index contributed by atoms with van der Waals surface area (Å²) in [6, 6.07) is 12.1. The highest BCUT2D eigenvalue weighted by molar-refractivity contribution is 7.99.